The second-order valence-electron chi connectivity index (χ2n) is 5.79. The van der Waals surface area contributed by atoms with E-state index in [9.17, 15) is 9.59 Å². The lowest BCUT2D eigenvalue weighted by Gasteiger charge is -2.06. The van der Waals surface area contributed by atoms with Gasteiger partial charge in [-0.1, -0.05) is 11.8 Å². The highest BCUT2D eigenvalue weighted by atomic mass is 32.2. The number of ether oxygens (including phenoxy) is 2. The predicted octanol–water partition coefficient (Wildman–Crippen LogP) is 3.15. The fourth-order valence-electron chi connectivity index (χ4n) is 2.47. The van der Waals surface area contributed by atoms with Crippen LogP contribution in [-0.4, -0.2) is 46.3 Å². The van der Waals surface area contributed by atoms with E-state index >= 15 is 0 Å². The second kappa shape index (κ2) is 9.18. The Kier molecular flexibility index (Phi) is 6.44. The Hall–Kier alpha value is -3.13. The summed E-state index contributed by atoms with van der Waals surface area (Å²) in [6.07, 6.45) is 1.38. The van der Waals surface area contributed by atoms with Crippen LogP contribution in [-0.2, 0) is 6.54 Å². The van der Waals surface area contributed by atoms with Gasteiger partial charge in [0.05, 0.1) is 20.0 Å². The molecule has 1 aromatic heterocycles. The molecule has 0 aliphatic rings. The molecule has 0 saturated carbocycles. The number of nitrogens with zero attached hydrogens (tertiary/aromatic N) is 3. The molecule has 0 bridgehead atoms. The maximum absolute atomic E-state index is 12.5. The highest BCUT2D eigenvalue weighted by molar-refractivity contribution is 7.99. The molecule has 0 unspecified atom stereocenters. The molecule has 0 fully saturated rings. The molecule has 0 atom stereocenters. The number of Topliss-reactive ketones (excluding diaryl/α,β-unsaturated/α-hetero) is 2. The Bertz CT molecular complexity index is 952. The zero-order valence-corrected chi connectivity index (χ0v) is 16.3. The predicted molar refractivity (Wildman–Crippen MR) is 105 cm³/mol. The van der Waals surface area contributed by atoms with Gasteiger partial charge in [-0.05, 0) is 48.5 Å². The third-order valence-electron chi connectivity index (χ3n) is 4.03. The molecule has 2 aromatic carbocycles. The quantitative estimate of drug-likeness (QED) is 0.405. The first kappa shape index (κ1) is 19.6. The van der Waals surface area contributed by atoms with Crippen molar-refractivity contribution in [3.63, 3.8) is 0 Å². The van der Waals surface area contributed by atoms with E-state index in [1.54, 1.807) is 62.8 Å². The molecular formula is C20H19N3O4S. The van der Waals surface area contributed by atoms with Gasteiger partial charge in [0, 0.05) is 11.1 Å². The molecule has 0 spiro atoms. The summed E-state index contributed by atoms with van der Waals surface area (Å²) in [5, 5.41) is 4.62. The molecule has 0 radical (unpaired) electrons. The molecule has 3 aromatic rings. The summed E-state index contributed by atoms with van der Waals surface area (Å²) in [7, 11) is 3.15. The highest BCUT2D eigenvalue weighted by Crippen LogP contribution is 2.19. The first-order valence-electron chi connectivity index (χ1n) is 8.46. The van der Waals surface area contributed by atoms with Crippen LogP contribution in [0.3, 0.4) is 0 Å². The Morgan fingerprint density at radius 3 is 1.96 bits per heavy atom. The first-order chi connectivity index (χ1) is 13.6. The summed E-state index contributed by atoms with van der Waals surface area (Å²) in [6.45, 7) is 0.0470. The average Bonchev–Trinajstić information content (AvgIpc) is 3.19. The normalized spacial score (nSPS) is 10.5. The third-order valence-corrected chi connectivity index (χ3v) is 5.01. The van der Waals surface area contributed by atoms with Crippen LogP contribution >= 0.6 is 11.8 Å². The van der Waals surface area contributed by atoms with E-state index in [1.165, 1.54) is 22.8 Å². The number of aromatic nitrogens is 3. The Morgan fingerprint density at radius 1 is 0.893 bits per heavy atom. The van der Waals surface area contributed by atoms with E-state index in [2.05, 4.69) is 10.1 Å². The van der Waals surface area contributed by atoms with Crippen molar-refractivity contribution in [2.45, 2.75) is 11.7 Å². The first-order valence-corrected chi connectivity index (χ1v) is 9.44. The van der Waals surface area contributed by atoms with Gasteiger partial charge in [0.25, 0.3) is 0 Å². The zero-order valence-electron chi connectivity index (χ0n) is 15.5. The van der Waals surface area contributed by atoms with Gasteiger partial charge in [-0.25, -0.2) is 9.67 Å². The zero-order chi connectivity index (χ0) is 19.9. The van der Waals surface area contributed by atoms with Gasteiger partial charge < -0.3 is 9.47 Å². The largest absolute Gasteiger partial charge is 0.497 e. The van der Waals surface area contributed by atoms with Gasteiger partial charge in [-0.15, -0.1) is 0 Å². The van der Waals surface area contributed by atoms with Crippen molar-refractivity contribution in [2.75, 3.05) is 20.0 Å². The van der Waals surface area contributed by atoms with Crippen molar-refractivity contribution in [1.29, 1.82) is 0 Å². The molecule has 0 N–H and O–H groups in total. The summed E-state index contributed by atoms with van der Waals surface area (Å²) in [5.41, 5.74) is 1.15. The molecule has 3 rings (SSSR count). The maximum Gasteiger partial charge on any atom is 0.186 e. The van der Waals surface area contributed by atoms with Crippen LogP contribution in [0.4, 0.5) is 0 Å². The standard InChI is InChI=1S/C20H19N3O4S/c1-26-16-7-3-14(4-8-16)18(24)11-23-20(21-13-22-23)28-12-19(25)15-5-9-17(27-2)10-6-15/h3-10,13H,11-12H2,1-2H3. The smallest absolute Gasteiger partial charge is 0.186 e. The number of rotatable bonds is 9. The van der Waals surface area contributed by atoms with Crippen LogP contribution in [0.2, 0.25) is 0 Å². The Morgan fingerprint density at radius 2 is 1.43 bits per heavy atom. The molecule has 1 heterocycles. The number of benzene rings is 2. The van der Waals surface area contributed by atoms with Crippen molar-refractivity contribution < 1.29 is 19.1 Å². The lowest BCUT2D eigenvalue weighted by atomic mass is 10.1. The number of thioether (sulfide) groups is 1. The second-order valence-corrected chi connectivity index (χ2v) is 6.73. The van der Waals surface area contributed by atoms with Crippen molar-refractivity contribution in [3.05, 3.63) is 66.0 Å². The van der Waals surface area contributed by atoms with E-state index in [1.807, 2.05) is 0 Å². The number of carbonyl (C=O) groups excluding carboxylic acids is 2. The molecule has 0 aliphatic carbocycles. The van der Waals surface area contributed by atoms with Gasteiger partial charge in [-0.3, -0.25) is 9.59 Å². The fourth-order valence-corrected chi connectivity index (χ4v) is 3.28. The minimum absolute atomic E-state index is 0.0383. The third kappa shape index (κ3) is 4.77. The molecule has 7 nitrogen and oxygen atoms in total. The molecule has 0 amide bonds. The molecule has 0 saturated heterocycles. The van der Waals surface area contributed by atoms with E-state index < -0.39 is 0 Å². The number of hydrogen-bond donors (Lipinski definition) is 0. The lowest BCUT2D eigenvalue weighted by Crippen LogP contribution is -2.13. The van der Waals surface area contributed by atoms with E-state index in [-0.39, 0.29) is 23.9 Å². The van der Waals surface area contributed by atoms with Gasteiger partial charge in [0.2, 0.25) is 0 Å². The van der Waals surface area contributed by atoms with Crippen molar-refractivity contribution in [2.24, 2.45) is 0 Å². The van der Waals surface area contributed by atoms with Crippen LogP contribution in [0.15, 0.2) is 60.0 Å². The topological polar surface area (TPSA) is 83.3 Å². The van der Waals surface area contributed by atoms with E-state index in [0.29, 0.717) is 27.8 Å². The van der Waals surface area contributed by atoms with Crippen LogP contribution in [0, 0.1) is 0 Å². The van der Waals surface area contributed by atoms with Gasteiger partial charge >= 0.3 is 0 Å². The minimum Gasteiger partial charge on any atom is -0.497 e. The highest BCUT2D eigenvalue weighted by Gasteiger charge is 2.14. The summed E-state index contributed by atoms with van der Waals surface area (Å²) in [4.78, 5) is 29.0. The Balaban J connectivity index is 1.61. The van der Waals surface area contributed by atoms with Crippen molar-refractivity contribution in [1.82, 2.24) is 14.8 Å². The van der Waals surface area contributed by atoms with Gasteiger partial charge in [0.15, 0.2) is 16.7 Å². The van der Waals surface area contributed by atoms with Crippen LogP contribution in [0.25, 0.3) is 0 Å². The van der Waals surface area contributed by atoms with Crippen LogP contribution < -0.4 is 9.47 Å². The summed E-state index contributed by atoms with van der Waals surface area (Å²) in [5.74, 6) is 1.44. The molecular weight excluding hydrogens is 378 g/mol. The van der Waals surface area contributed by atoms with Crippen LogP contribution in [0.5, 0.6) is 11.5 Å². The SMILES string of the molecule is COc1ccc(C(=O)CSc2ncnn2CC(=O)c2ccc(OC)cc2)cc1. The minimum atomic E-state index is -0.100. The molecule has 144 valence electrons. The van der Waals surface area contributed by atoms with E-state index in [0.717, 1.165) is 0 Å². The number of carbonyl (C=O) groups is 2. The fraction of sp³-hybridized carbons (Fsp3) is 0.200. The van der Waals surface area contributed by atoms with Crippen molar-refractivity contribution in [3.8, 4) is 11.5 Å². The summed E-state index contributed by atoms with van der Waals surface area (Å²) in [6, 6.07) is 13.8. The van der Waals surface area contributed by atoms with Gasteiger partial charge in [0.1, 0.15) is 24.4 Å². The monoisotopic (exact) mass is 397 g/mol. The van der Waals surface area contributed by atoms with E-state index in [4.69, 9.17) is 9.47 Å². The van der Waals surface area contributed by atoms with Crippen LogP contribution in [0.1, 0.15) is 20.7 Å². The molecule has 28 heavy (non-hydrogen) atoms. The Labute approximate surface area is 166 Å². The number of methoxy groups -OCH3 is 2. The summed E-state index contributed by atoms with van der Waals surface area (Å²) >= 11 is 1.25. The maximum atomic E-state index is 12.5. The number of hydrogen-bond acceptors (Lipinski definition) is 7. The summed E-state index contributed by atoms with van der Waals surface area (Å²) < 4.78 is 11.7. The molecule has 8 heteroatoms. The molecule has 0 aliphatic heterocycles. The average molecular weight is 397 g/mol. The van der Waals surface area contributed by atoms with Gasteiger partial charge in [-0.2, -0.15) is 5.10 Å². The van der Waals surface area contributed by atoms with Crippen molar-refractivity contribution >= 4 is 23.3 Å². The lowest BCUT2D eigenvalue weighted by molar-refractivity contribution is 0.0963. The number of ketones is 2.